The fourth-order valence-corrected chi connectivity index (χ4v) is 0.960. The summed E-state index contributed by atoms with van der Waals surface area (Å²) in [5.41, 5.74) is 1.15. The third-order valence-corrected chi connectivity index (χ3v) is 1.65. The summed E-state index contributed by atoms with van der Waals surface area (Å²) in [5, 5.41) is 5.58. The van der Waals surface area contributed by atoms with E-state index in [4.69, 9.17) is 0 Å². The van der Waals surface area contributed by atoms with Crippen LogP contribution in [0.3, 0.4) is 0 Å². The lowest BCUT2D eigenvalue weighted by Crippen LogP contribution is -2.04. The number of allylic oxidation sites excluding steroid dienone is 1. The molecule has 0 saturated heterocycles. The first-order chi connectivity index (χ1) is 5.27. The van der Waals surface area contributed by atoms with Crippen LogP contribution in [0.15, 0.2) is 33.8 Å². The molecule has 0 amide bonds. The van der Waals surface area contributed by atoms with E-state index in [9.17, 15) is 9.81 Å². The average molecular weight is 152 g/mol. The van der Waals surface area contributed by atoms with Crippen LogP contribution in [-0.4, -0.2) is 6.04 Å². The number of hydrogen-bond acceptors (Lipinski definition) is 4. The Morgan fingerprint density at radius 1 is 1.55 bits per heavy atom. The summed E-state index contributed by atoms with van der Waals surface area (Å²) >= 11 is 0. The van der Waals surface area contributed by atoms with E-state index < -0.39 is 6.04 Å². The van der Waals surface area contributed by atoms with Crippen molar-refractivity contribution in [1.29, 1.82) is 0 Å². The SMILES string of the molecule is CC1=CCC(N=O)C=C1N=O. The van der Waals surface area contributed by atoms with Gasteiger partial charge in [-0.15, -0.1) is 4.91 Å². The molecule has 0 aromatic carbocycles. The number of rotatable bonds is 2. The molecule has 1 aliphatic rings. The van der Waals surface area contributed by atoms with Gasteiger partial charge in [0.25, 0.3) is 0 Å². The van der Waals surface area contributed by atoms with Crippen molar-refractivity contribution in [2.24, 2.45) is 10.4 Å². The van der Waals surface area contributed by atoms with E-state index in [1.165, 1.54) is 6.08 Å². The molecule has 58 valence electrons. The molecule has 11 heavy (non-hydrogen) atoms. The minimum atomic E-state index is -0.411. The Labute approximate surface area is 63.9 Å². The van der Waals surface area contributed by atoms with Crippen molar-refractivity contribution in [3.8, 4) is 0 Å². The maximum Gasteiger partial charge on any atom is 0.116 e. The van der Waals surface area contributed by atoms with E-state index in [-0.39, 0.29) is 0 Å². The average Bonchev–Trinajstić information content (AvgIpc) is 2.05. The second-order valence-electron chi connectivity index (χ2n) is 2.44. The molecule has 4 heteroatoms. The first kappa shape index (κ1) is 7.78. The minimum absolute atomic E-state index is 0.334. The van der Waals surface area contributed by atoms with Gasteiger partial charge in [-0.2, -0.15) is 4.91 Å². The standard InChI is InChI=1S/C7H8N2O2/c1-5-2-3-6(8-10)4-7(5)9-11/h2,4,6H,3H2,1H3. The summed E-state index contributed by atoms with van der Waals surface area (Å²) in [6.07, 6.45) is 3.87. The van der Waals surface area contributed by atoms with Crippen molar-refractivity contribution in [3.05, 3.63) is 33.2 Å². The van der Waals surface area contributed by atoms with Crippen LogP contribution in [0.5, 0.6) is 0 Å². The van der Waals surface area contributed by atoms with Crippen LogP contribution in [0.2, 0.25) is 0 Å². The lowest BCUT2D eigenvalue weighted by molar-refractivity contribution is 0.799. The predicted molar refractivity (Wildman–Crippen MR) is 41.8 cm³/mol. The second-order valence-corrected chi connectivity index (χ2v) is 2.44. The lowest BCUT2D eigenvalue weighted by Gasteiger charge is -2.08. The molecule has 0 fully saturated rings. The Morgan fingerprint density at radius 2 is 2.27 bits per heavy atom. The molecule has 0 radical (unpaired) electrons. The van der Waals surface area contributed by atoms with Gasteiger partial charge in [0.05, 0.1) is 0 Å². The van der Waals surface area contributed by atoms with Gasteiger partial charge in [-0.25, -0.2) is 0 Å². The van der Waals surface area contributed by atoms with E-state index >= 15 is 0 Å². The van der Waals surface area contributed by atoms with Gasteiger partial charge in [-0.3, -0.25) is 0 Å². The Balaban J connectivity index is 2.85. The normalized spacial score (nSPS) is 23.5. The molecular formula is C7H8N2O2. The maximum absolute atomic E-state index is 10.1. The summed E-state index contributed by atoms with van der Waals surface area (Å²) in [4.78, 5) is 20.2. The van der Waals surface area contributed by atoms with Crippen molar-refractivity contribution < 1.29 is 0 Å². The highest BCUT2D eigenvalue weighted by atomic mass is 16.3. The zero-order valence-corrected chi connectivity index (χ0v) is 6.15. The highest BCUT2D eigenvalue weighted by Crippen LogP contribution is 2.20. The fraction of sp³-hybridized carbons (Fsp3) is 0.429. The molecule has 1 rings (SSSR count). The van der Waals surface area contributed by atoms with Crippen LogP contribution in [0.25, 0.3) is 0 Å². The fourth-order valence-electron chi connectivity index (χ4n) is 0.960. The largest absolute Gasteiger partial charge is 0.150 e. The summed E-state index contributed by atoms with van der Waals surface area (Å²) in [5.74, 6) is 0. The summed E-state index contributed by atoms with van der Waals surface area (Å²) in [6, 6.07) is -0.411. The van der Waals surface area contributed by atoms with Gasteiger partial charge >= 0.3 is 0 Å². The van der Waals surface area contributed by atoms with Gasteiger partial charge < -0.3 is 0 Å². The first-order valence-electron chi connectivity index (χ1n) is 3.32. The van der Waals surface area contributed by atoms with Crippen molar-refractivity contribution in [1.82, 2.24) is 0 Å². The summed E-state index contributed by atoms with van der Waals surface area (Å²) in [7, 11) is 0. The number of nitrogens with zero attached hydrogens (tertiary/aromatic N) is 2. The quantitative estimate of drug-likeness (QED) is 0.569. The second kappa shape index (κ2) is 3.18. The van der Waals surface area contributed by atoms with Crippen molar-refractivity contribution in [2.75, 3.05) is 0 Å². The van der Waals surface area contributed by atoms with Crippen molar-refractivity contribution >= 4 is 0 Å². The molecule has 0 heterocycles. The van der Waals surface area contributed by atoms with Crippen molar-refractivity contribution in [2.45, 2.75) is 19.4 Å². The van der Waals surface area contributed by atoms with E-state index in [1.54, 1.807) is 13.0 Å². The molecule has 0 bridgehead atoms. The van der Waals surface area contributed by atoms with Crippen LogP contribution >= 0.6 is 0 Å². The first-order valence-corrected chi connectivity index (χ1v) is 3.32. The molecule has 0 saturated carbocycles. The molecule has 0 spiro atoms. The zero-order chi connectivity index (χ0) is 8.27. The maximum atomic E-state index is 10.1. The monoisotopic (exact) mass is 152 g/mol. The lowest BCUT2D eigenvalue weighted by atomic mass is 10.0. The van der Waals surface area contributed by atoms with E-state index in [2.05, 4.69) is 10.4 Å². The molecule has 4 nitrogen and oxygen atoms in total. The molecule has 0 aliphatic heterocycles. The van der Waals surface area contributed by atoms with Crippen LogP contribution in [0.4, 0.5) is 0 Å². The van der Waals surface area contributed by atoms with Gasteiger partial charge in [0, 0.05) is 0 Å². The van der Waals surface area contributed by atoms with Gasteiger partial charge in [0.1, 0.15) is 11.7 Å². The highest BCUT2D eigenvalue weighted by molar-refractivity contribution is 5.33. The Bertz CT molecular complexity index is 243. The summed E-state index contributed by atoms with van der Waals surface area (Å²) in [6.45, 7) is 1.79. The highest BCUT2D eigenvalue weighted by Gasteiger charge is 2.13. The Morgan fingerprint density at radius 3 is 2.82 bits per heavy atom. The Hall–Kier alpha value is -1.32. The Kier molecular flexibility index (Phi) is 2.25. The molecule has 0 N–H and O–H groups in total. The van der Waals surface area contributed by atoms with Gasteiger partial charge in [0.2, 0.25) is 0 Å². The molecule has 1 atom stereocenters. The topological polar surface area (TPSA) is 58.9 Å². The molecule has 1 unspecified atom stereocenters. The van der Waals surface area contributed by atoms with Crippen LogP contribution in [0.1, 0.15) is 13.3 Å². The molecule has 1 aliphatic carbocycles. The van der Waals surface area contributed by atoms with E-state index in [1.807, 2.05) is 0 Å². The third kappa shape index (κ3) is 1.58. The van der Waals surface area contributed by atoms with Crippen LogP contribution in [0, 0.1) is 9.81 Å². The number of hydrogen-bond donors (Lipinski definition) is 0. The van der Waals surface area contributed by atoms with Gasteiger partial charge in [-0.05, 0) is 30.2 Å². The number of nitroso groups, excluding NO2 is 2. The molecule has 0 aromatic rings. The van der Waals surface area contributed by atoms with Crippen molar-refractivity contribution in [3.63, 3.8) is 0 Å². The third-order valence-electron chi connectivity index (χ3n) is 1.65. The van der Waals surface area contributed by atoms with E-state index in [0.717, 1.165) is 5.57 Å². The zero-order valence-electron chi connectivity index (χ0n) is 6.15. The van der Waals surface area contributed by atoms with Crippen LogP contribution in [-0.2, 0) is 0 Å². The molecule has 0 aromatic heterocycles. The smallest absolute Gasteiger partial charge is 0.116 e. The molecular weight excluding hydrogens is 144 g/mol. The van der Waals surface area contributed by atoms with Gasteiger partial charge in [-0.1, -0.05) is 11.3 Å². The van der Waals surface area contributed by atoms with E-state index in [0.29, 0.717) is 12.1 Å². The van der Waals surface area contributed by atoms with Crippen LogP contribution < -0.4 is 0 Å². The summed E-state index contributed by atoms with van der Waals surface area (Å²) < 4.78 is 0. The minimum Gasteiger partial charge on any atom is -0.150 e. The predicted octanol–water partition coefficient (Wildman–Crippen LogP) is 2.12. The van der Waals surface area contributed by atoms with Gasteiger partial charge in [0.15, 0.2) is 0 Å².